The van der Waals surface area contributed by atoms with E-state index in [2.05, 4.69) is 74.4 Å². The average molecular weight is 383 g/mol. The van der Waals surface area contributed by atoms with Crippen LogP contribution in [0.1, 0.15) is 77.1 Å². The molecule has 1 unspecified atom stereocenters. The summed E-state index contributed by atoms with van der Waals surface area (Å²) in [5.41, 5.74) is 3.18. The molecule has 2 aromatic carbocycles. The fraction of sp³-hybridized carbons (Fsp3) is 0.538. The number of hydrogen-bond donors (Lipinski definition) is 2. The number of phenols is 2. The minimum atomic E-state index is -0.563. The maximum absolute atomic E-state index is 11.1. The third-order valence-electron chi connectivity index (χ3n) is 6.31. The fourth-order valence-electron chi connectivity index (χ4n) is 5.35. The van der Waals surface area contributed by atoms with Gasteiger partial charge >= 0.3 is 0 Å². The highest BCUT2D eigenvalue weighted by molar-refractivity contribution is 5.55. The van der Waals surface area contributed by atoms with Crippen molar-refractivity contribution in [1.82, 2.24) is 0 Å². The van der Waals surface area contributed by atoms with Gasteiger partial charge in [-0.25, -0.2) is 0 Å². The molecule has 0 saturated heterocycles. The minimum Gasteiger partial charge on any atom is -0.508 e. The lowest BCUT2D eigenvalue weighted by atomic mass is 9.47. The van der Waals surface area contributed by atoms with Gasteiger partial charge in [-0.15, -0.1) is 0 Å². The zero-order valence-electron chi connectivity index (χ0n) is 19.1. The van der Waals surface area contributed by atoms with E-state index in [4.69, 9.17) is 0 Å². The van der Waals surface area contributed by atoms with Crippen LogP contribution in [0.4, 0.5) is 0 Å². The van der Waals surface area contributed by atoms with Crippen LogP contribution in [0.2, 0.25) is 0 Å². The summed E-state index contributed by atoms with van der Waals surface area (Å²) in [4.78, 5) is 0. The van der Waals surface area contributed by atoms with Gasteiger partial charge in [-0.05, 0) is 42.7 Å². The molecule has 2 heteroatoms. The second-order valence-electron chi connectivity index (χ2n) is 10.4. The topological polar surface area (TPSA) is 40.5 Å². The summed E-state index contributed by atoms with van der Waals surface area (Å²) in [6, 6.07) is 11.7. The Hall–Kier alpha value is -1.96. The Labute approximate surface area is 171 Å². The standard InChI is InChI=1S/C26H38O2/c1-10-23(24(4,5)6)26(25(7,8)9,19-15-17(2)11-13-21(19)27)20-16-18(3)12-14-22(20)28/h11-16,23,27-28H,10H2,1-9H3. The highest BCUT2D eigenvalue weighted by atomic mass is 16.3. The van der Waals surface area contributed by atoms with Gasteiger partial charge in [0, 0.05) is 16.5 Å². The van der Waals surface area contributed by atoms with E-state index in [-0.39, 0.29) is 16.7 Å². The molecule has 0 aromatic heterocycles. The van der Waals surface area contributed by atoms with E-state index in [9.17, 15) is 10.2 Å². The third kappa shape index (κ3) is 3.66. The van der Waals surface area contributed by atoms with Crippen LogP contribution >= 0.6 is 0 Å². The van der Waals surface area contributed by atoms with Crippen molar-refractivity contribution in [3.63, 3.8) is 0 Å². The van der Waals surface area contributed by atoms with E-state index in [1.54, 1.807) is 12.1 Å². The first kappa shape index (κ1) is 22.3. The van der Waals surface area contributed by atoms with Crippen molar-refractivity contribution >= 4 is 0 Å². The summed E-state index contributed by atoms with van der Waals surface area (Å²) < 4.78 is 0. The number of aromatic hydroxyl groups is 2. The fourth-order valence-corrected chi connectivity index (χ4v) is 5.35. The van der Waals surface area contributed by atoms with Crippen LogP contribution in [0.3, 0.4) is 0 Å². The lowest BCUT2D eigenvalue weighted by Gasteiger charge is -2.55. The van der Waals surface area contributed by atoms with Gasteiger partial charge < -0.3 is 10.2 Å². The van der Waals surface area contributed by atoms with E-state index >= 15 is 0 Å². The first-order valence-electron chi connectivity index (χ1n) is 10.4. The Balaban J connectivity index is 3.14. The smallest absolute Gasteiger partial charge is 0.119 e. The maximum Gasteiger partial charge on any atom is 0.119 e. The van der Waals surface area contributed by atoms with Gasteiger partial charge in [0.25, 0.3) is 0 Å². The largest absolute Gasteiger partial charge is 0.508 e. The lowest BCUT2D eigenvalue weighted by Crippen LogP contribution is -2.52. The number of benzene rings is 2. The highest BCUT2D eigenvalue weighted by Crippen LogP contribution is 2.61. The van der Waals surface area contributed by atoms with E-state index in [0.717, 1.165) is 28.7 Å². The molecule has 0 aliphatic carbocycles. The molecule has 154 valence electrons. The number of aryl methyl sites for hydroxylation is 2. The quantitative estimate of drug-likeness (QED) is 0.591. The molecule has 0 saturated carbocycles. The van der Waals surface area contributed by atoms with E-state index in [0.29, 0.717) is 11.5 Å². The molecule has 28 heavy (non-hydrogen) atoms. The second-order valence-corrected chi connectivity index (χ2v) is 10.4. The van der Waals surface area contributed by atoms with Crippen molar-refractivity contribution in [2.24, 2.45) is 16.7 Å². The van der Waals surface area contributed by atoms with Gasteiger partial charge in [-0.3, -0.25) is 0 Å². The third-order valence-corrected chi connectivity index (χ3v) is 6.31. The molecule has 0 aliphatic rings. The number of rotatable bonds is 4. The van der Waals surface area contributed by atoms with Gasteiger partial charge in [0.2, 0.25) is 0 Å². The van der Waals surface area contributed by atoms with Crippen LogP contribution in [-0.4, -0.2) is 10.2 Å². The molecule has 0 aliphatic heterocycles. The molecule has 0 heterocycles. The molecule has 2 N–H and O–H groups in total. The van der Waals surface area contributed by atoms with Crippen molar-refractivity contribution in [3.8, 4) is 11.5 Å². The van der Waals surface area contributed by atoms with Crippen LogP contribution in [0.25, 0.3) is 0 Å². The molecule has 2 aromatic rings. The van der Waals surface area contributed by atoms with Crippen LogP contribution in [-0.2, 0) is 5.41 Å². The van der Waals surface area contributed by atoms with Crippen LogP contribution in [0.5, 0.6) is 11.5 Å². The van der Waals surface area contributed by atoms with Gasteiger partial charge in [0.05, 0.1) is 0 Å². The molecule has 0 spiro atoms. The van der Waals surface area contributed by atoms with Crippen molar-refractivity contribution in [2.45, 2.75) is 74.1 Å². The molecular weight excluding hydrogens is 344 g/mol. The maximum atomic E-state index is 11.1. The summed E-state index contributed by atoms with van der Waals surface area (Å²) >= 11 is 0. The van der Waals surface area contributed by atoms with E-state index < -0.39 is 5.41 Å². The van der Waals surface area contributed by atoms with Crippen LogP contribution in [0.15, 0.2) is 36.4 Å². The van der Waals surface area contributed by atoms with Gasteiger partial charge in [0.1, 0.15) is 11.5 Å². The zero-order chi connectivity index (χ0) is 21.5. The van der Waals surface area contributed by atoms with Crippen molar-refractivity contribution in [2.75, 3.05) is 0 Å². The number of hydrogen-bond acceptors (Lipinski definition) is 2. The summed E-state index contributed by atoms with van der Waals surface area (Å²) in [5, 5.41) is 22.2. The van der Waals surface area contributed by atoms with Crippen molar-refractivity contribution in [1.29, 1.82) is 0 Å². The first-order valence-corrected chi connectivity index (χ1v) is 10.4. The summed E-state index contributed by atoms with van der Waals surface area (Å²) in [6.45, 7) is 19.8. The molecular formula is C26H38O2. The van der Waals surface area contributed by atoms with E-state index in [1.165, 1.54) is 0 Å². The SMILES string of the molecule is CCC(C(C)(C)C)C(c1cc(C)ccc1O)(c1cc(C)ccc1O)C(C)(C)C. The van der Waals surface area contributed by atoms with E-state index in [1.807, 2.05) is 12.1 Å². The number of phenolic OH excluding ortho intramolecular Hbond substituents is 2. The van der Waals surface area contributed by atoms with Crippen molar-refractivity contribution in [3.05, 3.63) is 58.7 Å². The van der Waals surface area contributed by atoms with Crippen LogP contribution in [0, 0.1) is 30.6 Å². The predicted octanol–water partition coefficient (Wildman–Crippen LogP) is 7.12. The second kappa shape index (κ2) is 7.46. The highest BCUT2D eigenvalue weighted by Gasteiger charge is 2.55. The monoisotopic (exact) mass is 382 g/mol. The Morgan fingerprint density at radius 2 is 1.14 bits per heavy atom. The lowest BCUT2D eigenvalue weighted by molar-refractivity contribution is 0.0550. The van der Waals surface area contributed by atoms with Crippen LogP contribution < -0.4 is 0 Å². The minimum absolute atomic E-state index is 0.0333. The average Bonchev–Trinajstić information content (AvgIpc) is 2.55. The molecule has 0 bridgehead atoms. The molecule has 0 radical (unpaired) electrons. The summed E-state index contributed by atoms with van der Waals surface area (Å²) in [6.07, 6.45) is 0.932. The Bertz CT molecular complexity index is 783. The summed E-state index contributed by atoms with van der Waals surface area (Å²) in [5.74, 6) is 0.786. The van der Waals surface area contributed by atoms with Gasteiger partial charge in [0.15, 0.2) is 0 Å². The molecule has 0 fully saturated rings. The molecule has 0 amide bonds. The molecule has 2 nitrogen and oxygen atoms in total. The Morgan fingerprint density at radius 3 is 1.43 bits per heavy atom. The Morgan fingerprint density at radius 1 is 0.750 bits per heavy atom. The molecule has 2 rings (SSSR count). The zero-order valence-corrected chi connectivity index (χ0v) is 19.1. The van der Waals surface area contributed by atoms with Crippen molar-refractivity contribution < 1.29 is 10.2 Å². The Kier molecular flexibility index (Phi) is 5.95. The molecule has 1 atom stereocenters. The normalized spacial score (nSPS) is 14.2. The van der Waals surface area contributed by atoms with Gasteiger partial charge in [-0.2, -0.15) is 0 Å². The predicted molar refractivity (Wildman–Crippen MR) is 119 cm³/mol. The summed E-state index contributed by atoms with van der Waals surface area (Å²) in [7, 11) is 0. The van der Waals surface area contributed by atoms with Gasteiger partial charge in [-0.1, -0.05) is 90.3 Å². The first-order chi connectivity index (χ1) is 12.8.